The largest absolute Gasteiger partial charge is 0.366 e. The van der Waals surface area contributed by atoms with Gasteiger partial charge in [0.1, 0.15) is 18.0 Å². The summed E-state index contributed by atoms with van der Waals surface area (Å²) < 4.78 is 0. The standard InChI is InChI=1S/C15H17N5/c1-10-4-12(3)13(5-11(10)2)7-17-14-6-15(18-8-16)20-9-19-14/h4-6,9H,7H2,1-3H3,(H2,17,18,19,20). The first-order valence-electron chi connectivity index (χ1n) is 6.38. The Labute approximate surface area is 118 Å². The van der Waals surface area contributed by atoms with E-state index in [0.717, 1.165) is 0 Å². The molecule has 20 heavy (non-hydrogen) atoms. The van der Waals surface area contributed by atoms with E-state index in [1.54, 1.807) is 6.07 Å². The smallest absolute Gasteiger partial charge is 0.182 e. The number of nitrogens with zero attached hydrogens (tertiary/aromatic N) is 3. The molecule has 0 aliphatic rings. The van der Waals surface area contributed by atoms with E-state index < -0.39 is 0 Å². The third-order valence-corrected chi connectivity index (χ3v) is 3.26. The third-order valence-electron chi connectivity index (χ3n) is 3.26. The van der Waals surface area contributed by atoms with Crippen LogP contribution in [0.4, 0.5) is 11.6 Å². The highest BCUT2D eigenvalue weighted by Gasteiger charge is 2.03. The zero-order chi connectivity index (χ0) is 14.5. The number of hydrogen-bond donors (Lipinski definition) is 2. The quantitative estimate of drug-likeness (QED) is 0.658. The molecule has 0 saturated carbocycles. The van der Waals surface area contributed by atoms with Crippen LogP contribution in [-0.4, -0.2) is 9.97 Å². The summed E-state index contributed by atoms with van der Waals surface area (Å²) >= 11 is 0. The van der Waals surface area contributed by atoms with Crippen LogP contribution in [0.5, 0.6) is 0 Å². The second-order valence-electron chi connectivity index (χ2n) is 4.74. The molecule has 0 bridgehead atoms. The fourth-order valence-corrected chi connectivity index (χ4v) is 1.98. The predicted octanol–water partition coefficient (Wildman–Crippen LogP) is 2.91. The first-order valence-corrected chi connectivity index (χ1v) is 6.38. The Morgan fingerprint density at radius 3 is 2.45 bits per heavy atom. The summed E-state index contributed by atoms with van der Waals surface area (Å²) in [6.45, 7) is 7.02. The van der Waals surface area contributed by atoms with Crippen molar-refractivity contribution in [2.45, 2.75) is 27.3 Å². The van der Waals surface area contributed by atoms with E-state index >= 15 is 0 Å². The van der Waals surface area contributed by atoms with Crippen molar-refractivity contribution >= 4 is 11.6 Å². The van der Waals surface area contributed by atoms with E-state index in [9.17, 15) is 0 Å². The summed E-state index contributed by atoms with van der Waals surface area (Å²) in [6.07, 6.45) is 3.27. The molecule has 0 spiro atoms. The Kier molecular flexibility index (Phi) is 4.16. The van der Waals surface area contributed by atoms with Crippen molar-refractivity contribution in [2.24, 2.45) is 0 Å². The van der Waals surface area contributed by atoms with Crippen LogP contribution in [0.1, 0.15) is 22.3 Å². The SMILES string of the molecule is Cc1cc(C)c(CNc2cc(NC#N)ncn2)cc1C. The van der Waals surface area contributed by atoms with E-state index in [1.807, 2.05) is 6.19 Å². The summed E-state index contributed by atoms with van der Waals surface area (Å²) in [5.41, 5.74) is 5.07. The van der Waals surface area contributed by atoms with Crippen LogP contribution in [0.3, 0.4) is 0 Å². The molecular weight excluding hydrogens is 250 g/mol. The van der Waals surface area contributed by atoms with Gasteiger partial charge in [-0.1, -0.05) is 12.1 Å². The van der Waals surface area contributed by atoms with Gasteiger partial charge in [-0.25, -0.2) is 9.97 Å². The highest BCUT2D eigenvalue weighted by molar-refractivity contribution is 5.49. The van der Waals surface area contributed by atoms with Crippen LogP contribution in [0, 0.1) is 32.2 Å². The molecule has 5 heteroatoms. The summed E-state index contributed by atoms with van der Waals surface area (Å²) in [4.78, 5) is 8.08. The molecule has 0 fully saturated rings. The van der Waals surface area contributed by atoms with Gasteiger partial charge in [0, 0.05) is 12.6 Å². The van der Waals surface area contributed by atoms with Crippen LogP contribution < -0.4 is 10.6 Å². The van der Waals surface area contributed by atoms with Gasteiger partial charge in [-0.15, -0.1) is 0 Å². The monoisotopic (exact) mass is 267 g/mol. The average molecular weight is 267 g/mol. The Morgan fingerprint density at radius 1 is 1.00 bits per heavy atom. The number of nitriles is 1. The maximum absolute atomic E-state index is 8.57. The van der Waals surface area contributed by atoms with Crippen LogP contribution in [0.2, 0.25) is 0 Å². The van der Waals surface area contributed by atoms with Gasteiger partial charge in [-0.3, -0.25) is 5.32 Å². The molecule has 1 aromatic carbocycles. The summed E-state index contributed by atoms with van der Waals surface area (Å²) in [6, 6.07) is 6.09. The van der Waals surface area contributed by atoms with E-state index in [2.05, 4.69) is 53.5 Å². The second kappa shape index (κ2) is 6.02. The van der Waals surface area contributed by atoms with Crippen molar-refractivity contribution in [2.75, 3.05) is 10.6 Å². The minimum atomic E-state index is 0.488. The molecule has 0 aliphatic carbocycles. The highest BCUT2D eigenvalue weighted by atomic mass is 15.1. The van der Waals surface area contributed by atoms with Crippen molar-refractivity contribution in [3.8, 4) is 6.19 Å². The van der Waals surface area contributed by atoms with Gasteiger partial charge in [0.05, 0.1) is 0 Å². The molecule has 0 saturated heterocycles. The third kappa shape index (κ3) is 3.23. The lowest BCUT2D eigenvalue weighted by atomic mass is 10.0. The number of aromatic nitrogens is 2. The molecule has 2 rings (SSSR count). The van der Waals surface area contributed by atoms with Crippen molar-refractivity contribution in [3.63, 3.8) is 0 Å². The van der Waals surface area contributed by atoms with Crippen LogP contribution >= 0.6 is 0 Å². The maximum atomic E-state index is 8.57. The van der Waals surface area contributed by atoms with Gasteiger partial charge in [-0.05, 0) is 43.0 Å². The molecule has 2 aromatic rings. The summed E-state index contributed by atoms with van der Waals surface area (Å²) in [5.74, 6) is 1.18. The van der Waals surface area contributed by atoms with E-state index in [1.165, 1.54) is 28.6 Å². The molecule has 1 heterocycles. The van der Waals surface area contributed by atoms with Gasteiger partial charge < -0.3 is 5.32 Å². The molecule has 0 amide bonds. The van der Waals surface area contributed by atoms with Gasteiger partial charge in [0.2, 0.25) is 0 Å². The minimum Gasteiger partial charge on any atom is -0.366 e. The first-order chi connectivity index (χ1) is 9.60. The molecule has 0 unspecified atom stereocenters. The number of anilines is 2. The molecule has 1 aromatic heterocycles. The number of benzene rings is 1. The van der Waals surface area contributed by atoms with Gasteiger partial charge >= 0.3 is 0 Å². The zero-order valence-electron chi connectivity index (χ0n) is 11.9. The molecular formula is C15H17N5. The molecule has 0 aliphatic heterocycles. The number of hydrogen-bond acceptors (Lipinski definition) is 5. The van der Waals surface area contributed by atoms with Crippen LogP contribution in [0.25, 0.3) is 0 Å². The van der Waals surface area contributed by atoms with Crippen molar-refractivity contribution in [1.82, 2.24) is 9.97 Å². The summed E-state index contributed by atoms with van der Waals surface area (Å²) in [7, 11) is 0. The van der Waals surface area contributed by atoms with Crippen molar-refractivity contribution in [1.29, 1.82) is 5.26 Å². The van der Waals surface area contributed by atoms with Gasteiger partial charge in [0.25, 0.3) is 0 Å². The highest BCUT2D eigenvalue weighted by Crippen LogP contribution is 2.17. The lowest BCUT2D eigenvalue weighted by molar-refractivity contribution is 1.06. The predicted molar refractivity (Wildman–Crippen MR) is 79.2 cm³/mol. The minimum absolute atomic E-state index is 0.488. The number of rotatable bonds is 4. The normalized spacial score (nSPS) is 9.90. The van der Waals surface area contributed by atoms with Crippen LogP contribution in [-0.2, 0) is 6.54 Å². The van der Waals surface area contributed by atoms with Gasteiger partial charge in [0.15, 0.2) is 6.19 Å². The maximum Gasteiger partial charge on any atom is 0.182 e. The fourth-order valence-electron chi connectivity index (χ4n) is 1.98. The first kappa shape index (κ1) is 13.8. The molecule has 0 radical (unpaired) electrons. The molecule has 2 N–H and O–H groups in total. The van der Waals surface area contributed by atoms with E-state index in [-0.39, 0.29) is 0 Å². The molecule has 5 nitrogen and oxygen atoms in total. The lowest BCUT2D eigenvalue weighted by Crippen LogP contribution is -2.05. The number of aryl methyl sites for hydroxylation is 3. The van der Waals surface area contributed by atoms with Crippen LogP contribution in [0.15, 0.2) is 24.5 Å². The fraction of sp³-hybridized carbons (Fsp3) is 0.267. The average Bonchev–Trinajstić information content (AvgIpc) is 2.42. The Bertz CT molecular complexity index is 658. The van der Waals surface area contributed by atoms with E-state index in [0.29, 0.717) is 18.2 Å². The lowest BCUT2D eigenvalue weighted by Gasteiger charge is -2.11. The van der Waals surface area contributed by atoms with Crippen molar-refractivity contribution in [3.05, 3.63) is 46.8 Å². The Balaban J connectivity index is 2.11. The summed E-state index contributed by atoms with van der Waals surface area (Å²) in [5, 5.41) is 14.3. The molecule has 0 atom stereocenters. The number of nitrogens with one attached hydrogen (secondary N) is 2. The van der Waals surface area contributed by atoms with Gasteiger partial charge in [-0.2, -0.15) is 5.26 Å². The van der Waals surface area contributed by atoms with Crippen molar-refractivity contribution < 1.29 is 0 Å². The Morgan fingerprint density at radius 2 is 1.70 bits per heavy atom. The topological polar surface area (TPSA) is 73.6 Å². The Hall–Kier alpha value is -2.61. The van der Waals surface area contributed by atoms with E-state index in [4.69, 9.17) is 5.26 Å². The second-order valence-corrected chi connectivity index (χ2v) is 4.74. The molecule has 102 valence electrons. The zero-order valence-corrected chi connectivity index (χ0v) is 11.9.